The molecule has 0 radical (unpaired) electrons. The third kappa shape index (κ3) is 4.82. The first kappa shape index (κ1) is 20.0. The van der Waals surface area contributed by atoms with Crippen molar-refractivity contribution in [2.24, 2.45) is 0 Å². The van der Waals surface area contributed by atoms with Crippen LogP contribution in [0, 0.1) is 0 Å². The van der Waals surface area contributed by atoms with E-state index in [0.29, 0.717) is 32.4 Å². The van der Waals surface area contributed by atoms with Gasteiger partial charge in [0, 0.05) is 38.1 Å². The fourth-order valence-corrected chi connectivity index (χ4v) is 4.12. The number of anilines is 1. The van der Waals surface area contributed by atoms with E-state index in [4.69, 9.17) is 39.2 Å². The topological polar surface area (TPSA) is 55.1 Å². The molecular formula is C21H13Cl3N2O2S. The van der Waals surface area contributed by atoms with E-state index >= 15 is 0 Å². The summed E-state index contributed by atoms with van der Waals surface area (Å²) >= 11 is 19.4. The lowest BCUT2D eigenvalue weighted by Gasteiger charge is -2.02. The Bertz CT molecular complexity index is 1170. The zero-order chi connectivity index (χ0) is 20.4. The third-order valence-corrected chi connectivity index (χ3v) is 5.86. The van der Waals surface area contributed by atoms with Crippen LogP contribution in [0.2, 0.25) is 15.1 Å². The van der Waals surface area contributed by atoms with Crippen LogP contribution < -0.4 is 5.32 Å². The van der Waals surface area contributed by atoms with Crippen LogP contribution in [0.5, 0.6) is 0 Å². The Balaban J connectivity index is 1.43. The van der Waals surface area contributed by atoms with Crippen LogP contribution in [0.25, 0.3) is 11.3 Å². The normalized spacial score (nSPS) is 10.9. The minimum absolute atomic E-state index is 0.201. The van der Waals surface area contributed by atoms with Crippen molar-refractivity contribution >= 4 is 57.2 Å². The van der Waals surface area contributed by atoms with Crippen LogP contribution in [-0.4, -0.2) is 10.9 Å². The first-order chi connectivity index (χ1) is 14.0. The number of nitrogens with zero attached hydrogens (tertiary/aromatic N) is 1. The zero-order valence-corrected chi connectivity index (χ0v) is 17.9. The summed E-state index contributed by atoms with van der Waals surface area (Å²) in [6.45, 7) is 0. The maximum absolute atomic E-state index is 12.5. The minimum Gasteiger partial charge on any atom is -0.451 e. The molecule has 2 aromatic heterocycles. The molecule has 29 heavy (non-hydrogen) atoms. The van der Waals surface area contributed by atoms with Crippen molar-refractivity contribution in [3.63, 3.8) is 0 Å². The summed E-state index contributed by atoms with van der Waals surface area (Å²) < 4.78 is 5.66. The van der Waals surface area contributed by atoms with Gasteiger partial charge in [-0.1, -0.05) is 40.9 Å². The van der Waals surface area contributed by atoms with Gasteiger partial charge in [-0.05, 0) is 54.1 Å². The van der Waals surface area contributed by atoms with Crippen LogP contribution in [-0.2, 0) is 6.42 Å². The second-order valence-electron chi connectivity index (χ2n) is 6.17. The molecule has 0 fully saturated rings. The van der Waals surface area contributed by atoms with Gasteiger partial charge in [0.15, 0.2) is 10.9 Å². The molecule has 0 bridgehead atoms. The van der Waals surface area contributed by atoms with Gasteiger partial charge < -0.3 is 4.42 Å². The first-order valence-corrected chi connectivity index (χ1v) is 10.5. The van der Waals surface area contributed by atoms with E-state index in [-0.39, 0.29) is 11.7 Å². The lowest BCUT2D eigenvalue weighted by atomic mass is 10.1. The van der Waals surface area contributed by atoms with Gasteiger partial charge in [0.2, 0.25) is 0 Å². The van der Waals surface area contributed by atoms with Crippen LogP contribution in [0.15, 0.2) is 65.2 Å². The van der Waals surface area contributed by atoms with Crippen LogP contribution in [0.4, 0.5) is 5.13 Å². The number of carbonyl (C=O) groups is 1. The summed E-state index contributed by atoms with van der Waals surface area (Å²) in [6.07, 6.45) is 2.32. The van der Waals surface area contributed by atoms with E-state index in [1.54, 1.807) is 42.6 Å². The van der Waals surface area contributed by atoms with Crippen molar-refractivity contribution < 1.29 is 9.21 Å². The second-order valence-corrected chi connectivity index (χ2v) is 8.56. The molecule has 2 heterocycles. The summed E-state index contributed by atoms with van der Waals surface area (Å²) in [5, 5.41) is 5.07. The number of amides is 1. The highest BCUT2D eigenvalue weighted by molar-refractivity contribution is 7.15. The van der Waals surface area contributed by atoms with Gasteiger partial charge in [-0.2, -0.15) is 0 Å². The quantitative estimate of drug-likeness (QED) is 0.340. The summed E-state index contributed by atoms with van der Waals surface area (Å²) in [7, 11) is 0. The number of hydrogen-bond donors (Lipinski definition) is 1. The molecule has 2 aromatic carbocycles. The molecule has 0 aliphatic rings. The Labute approximate surface area is 186 Å². The zero-order valence-electron chi connectivity index (χ0n) is 14.8. The van der Waals surface area contributed by atoms with Crippen LogP contribution in [0.1, 0.15) is 21.0 Å². The molecule has 4 nitrogen and oxygen atoms in total. The molecule has 0 saturated heterocycles. The Kier molecular flexibility index (Phi) is 5.92. The highest BCUT2D eigenvalue weighted by atomic mass is 35.5. The van der Waals surface area contributed by atoms with Gasteiger partial charge in [0.1, 0.15) is 5.76 Å². The maximum atomic E-state index is 12.5. The molecule has 4 rings (SSSR count). The number of hydrogen-bond acceptors (Lipinski definition) is 4. The molecule has 1 N–H and O–H groups in total. The summed E-state index contributed by atoms with van der Waals surface area (Å²) in [6, 6.07) is 15.9. The van der Waals surface area contributed by atoms with Crippen molar-refractivity contribution in [3.05, 3.63) is 92.1 Å². The van der Waals surface area contributed by atoms with Crippen LogP contribution >= 0.6 is 46.1 Å². The number of benzene rings is 2. The summed E-state index contributed by atoms with van der Waals surface area (Å²) in [4.78, 5) is 17.7. The van der Waals surface area contributed by atoms with E-state index in [9.17, 15) is 4.79 Å². The second kappa shape index (κ2) is 8.59. The Morgan fingerprint density at radius 3 is 2.52 bits per heavy atom. The molecule has 0 unspecified atom stereocenters. The lowest BCUT2D eigenvalue weighted by Crippen LogP contribution is -2.10. The molecule has 0 aliphatic carbocycles. The molecule has 8 heteroatoms. The average molecular weight is 464 g/mol. The SMILES string of the molecule is O=C(Nc1ncc(Cc2ccc(Cl)cc2Cl)s1)c1ccc(-c2ccc(Cl)cc2)o1. The number of thiazole rings is 1. The number of nitrogens with one attached hydrogen (secondary N) is 1. The molecule has 4 aromatic rings. The van der Waals surface area contributed by atoms with Gasteiger partial charge >= 0.3 is 0 Å². The molecular weight excluding hydrogens is 451 g/mol. The fraction of sp³-hybridized carbons (Fsp3) is 0.0476. The smallest absolute Gasteiger partial charge is 0.293 e. The first-order valence-electron chi connectivity index (χ1n) is 8.54. The van der Waals surface area contributed by atoms with Gasteiger partial charge in [-0.25, -0.2) is 4.98 Å². The van der Waals surface area contributed by atoms with Crippen molar-refractivity contribution in [1.29, 1.82) is 0 Å². The van der Waals surface area contributed by atoms with Crippen molar-refractivity contribution in [3.8, 4) is 11.3 Å². The number of halogens is 3. The Morgan fingerprint density at radius 1 is 1.00 bits per heavy atom. The largest absolute Gasteiger partial charge is 0.451 e. The summed E-state index contributed by atoms with van der Waals surface area (Å²) in [5.74, 6) is 0.423. The molecule has 0 spiro atoms. The highest BCUT2D eigenvalue weighted by Gasteiger charge is 2.15. The number of aromatic nitrogens is 1. The van der Waals surface area contributed by atoms with Gasteiger partial charge in [-0.3, -0.25) is 10.1 Å². The highest BCUT2D eigenvalue weighted by Crippen LogP contribution is 2.28. The van der Waals surface area contributed by atoms with Crippen LogP contribution in [0.3, 0.4) is 0 Å². The van der Waals surface area contributed by atoms with Gasteiger partial charge in [0.05, 0.1) is 0 Å². The van der Waals surface area contributed by atoms with E-state index in [1.165, 1.54) is 11.3 Å². The molecule has 146 valence electrons. The molecule has 1 amide bonds. The van der Waals surface area contributed by atoms with E-state index in [1.807, 2.05) is 18.2 Å². The number of furan rings is 1. The molecule has 0 aliphatic heterocycles. The third-order valence-electron chi connectivity index (χ3n) is 4.11. The Hall–Kier alpha value is -2.31. The predicted molar refractivity (Wildman–Crippen MR) is 118 cm³/mol. The van der Waals surface area contributed by atoms with Crippen molar-refractivity contribution in [2.45, 2.75) is 6.42 Å². The molecule has 0 saturated carbocycles. The monoisotopic (exact) mass is 462 g/mol. The standard InChI is InChI=1S/C21H13Cl3N2O2S/c22-14-4-1-12(2-5-14)18-7-8-19(28-18)20(27)26-21-25-11-16(29-21)9-13-3-6-15(23)10-17(13)24/h1-8,10-11H,9H2,(H,25,26,27). The average Bonchev–Trinajstić information content (AvgIpc) is 3.34. The fourth-order valence-electron chi connectivity index (χ4n) is 2.69. The van der Waals surface area contributed by atoms with E-state index in [0.717, 1.165) is 16.0 Å². The van der Waals surface area contributed by atoms with Crippen molar-refractivity contribution in [1.82, 2.24) is 4.98 Å². The number of rotatable bonds is 5. The van der Waals surface area contributed by atoms with E-state index in [2.05, 4.69) is 10.3 Å². The van der Waals surface area contributed by atoms with Gasteiger partial charge in [0.25, 0.3) is 5.91 Å². The lowest BCUT2D eigenvalue weighted by molar-refractivity contribution is 0.0997. The van der Waals surface area contributed by atoms with E-state index < -0.39 is 0 Å². The Morgan fingerprint density at radius 2 is 1.76 bits per heavy atom. The maximum Gasteiger partial charge on any atom is 0.293 e. The minimum atomic E-state index is -0.365. The van der Waals surface area contributed by atoms with Gasteiger partial charge in [-0.15, -0.1) is 11.3 Å². The predicted octanol–water partition coefficient (Wildman–Crippen LogP) is 7.21. The van der Waals surface area contributed by atoms with Crippen molar-refractivity contribution in [2.75, 3.05) is 5.32 Å². The molecule has 0 atom stereocenters. The number of carbonyl (C=O) groups excluding carboxylic acids is 1. The summed E-state index contributed by atoms with van der Waals surface area (Å²) in [5.41, 5.74) is 1.78.